The molecule has 1 heterocycles. The zero-order chi connectivity index (χ0) is 25.5. The van der Waals surface area contributed by atoms with Crippen LogP contribution in [-0.2, 0) is 33.8 Å². The number of ether oxygens (including phenoxy) is 1. The first-order valence-electron chi connectivity index (χ1n) is 12.3. The minimum absolute atomic E-state index is 0.0751. The molecule has 36 heavy (non-hydrogen) atoms. The van der Waals surface area contributed by atoms with E-state index in [-0.39, 0.29) is 13.0 Å². The van der Waals surface area contributed by atoms with Crippen LogP contribution in [0.5, 0.6) is 0 Å². The van der Waals surface area contributed by atoms with Gasteiger partial charge in [-0.1, -0.05) is 48.5 Å². The van der Waals surface area contributed by atoms with Crippen LogP contribution >= 0.6 is 0 Å². The molecule has 0 saturated heterocycles. The van der Waals surface area contributed by atoms with Crippen molar-refractivity contribution in [2.75, 3.05) is 6.54 Å². The van der Waals surface area contributed by atoms with E-state index in [2.05, 4.69) is 15.6 Å². The Morgan fingerprint density at radius 1 is 1.06 bits per heavy atom. The van der Waals surface area contributed by atoms with Gasteiger partial charge in [-0.15, -0.1) is 0 Å². The van der Waals surface area contributed by atoms with Gasteiger partial charge in [0.2, 0.25) is 11.8 Å². The fourth-order valence-electron chi connectivity index (χ4n) is 4.79. The molecule has 2 atom stereocenters. The van der Waals surface area contributed by atoms with Crippen molar-refractivity contribution in [2.45, 2.75) is 56.7 Å². The number of primary amides is 1. The highest BCUT2D eigenvalue weighted by Crippen LogP contribution is 2.34. The maximum Gasteiger partial charge on any atom is 0.408 e. The van der Waals surface area contributed by atoms with Gasteiger partial charge in [-0.25, -0.2) is 4.79 Å². The number of para-hydroxylation sites is 1. The third kappa shape index (κ3) is 5.68. The van der Waals surface area contributed by atoms with Crippen LogP contribution < -0.4 is 22.1 Å². The predicted octanol–water partition coefficient (Wildman–Crippen LogP) is 2.42. The van der Waals surface area contributed by atoms with E-state index >= 15 is 0 Å². The van der Waals surface area contributed by atoms with E-state index in [1.54, 1.807) is 0 Å². The molecule has 9 nitrogen and oxygen atoms in total. The van der Waals surface area contributed by atoms with Gasteiger partial charge in [-0.2, -0.15) is 0 Å². The van der Waals surface area contributed by atoms with Crippen LogP contribution in [0.25, 0.3) is 10.9 Å². The molecular weight excluding hydrogens is 458 g/mol. The number of aromatic amines is 1. The van der Waals surface area contributed by atoms with Crippen molar-refractivity contribution >= 4 is 28.8 Å². The molecule has 0 radical (unpaired) electrons. The minimum atomic E-state index is -1.30. The zero-order valence-electron chi connectivity index (χ0n) is 20.2. The number of hydrogen-bond acceptors (Lipinski definition) is 5. The quantitative estimate of drug-likeness (QED) is 0.276. The molecule has 0 saturated carbocycles. The Morgan fingerprint density at radius 3 is 2.56 bits per heavy atom. The Balaban J connectivity index is 1.57. The highest BCUT2D eigenvalue weighted by Gasteiger charge is 2.45. The molecule has 3 amide bonds. The van der Waals surface area contributed by atoms with Crippen LogP contribution in [0.3, 0.4) is 0 Å². The van der Waals surface area contributed by atoms with Gasteiger partial charge in [-0.05, 0) is 55.8 Å². The Labute approximate surface area is 209 Å². The number of rotatable bonds is 10. The summed E-state index contributed by atoms with van der Waals surface area (Å²) in [7, 11) is 0. The molecule has 3 aromatic rings. The summed E-state index contributed by atoms with van der Waals surface area (Å²) in [4.78, 5) is 42.1. The average molecular weight is 492 g/mol. The van der Waals surface area contributed by atoms with Crippen LogP contribution in [-0.4, -0.2) is 41.0 Å². The summed E-state index contributed by atoms with van der Waals surface area (Å²) in [6.07, 6.45) is 2.19. The number of hydrogen-bond donors (Lipinski definition) is 5. The maximum atomic E-state index is 13.7. The number of carbonyl (C=O) groups is 3. The number of amides is 3. The van der Waals surface area contributed by atoms with Crippen molar-refractivity contribution in [2.24, 2.45) is 11.5 Å². The van der Waals surface area contributed by atoms with Gasteiger partial charge in [0, 0.05) is 23.0 Å². The normalized spacial score (nSPS) is 17.7. The van der Waals surface area contributed by atoms with Gasteiger partial charge in [0.25, 0.3) is 0 Å². The summed E-state index contributed by atoms with van der Waals surface area (Å²) in [5.41, 5.74) is 13.7. The predicted molar refractivity (Wildman–Crippen MR) is 137 cm³/mol. The number of alkyl carbamates (subject to hydrolysis) is 1. The number of unbranched alkanes of at least 4 members (excludes halogenated alkanes) is 1. The third-order valence-electron chi connectivity index (χ3n) is 6.77. The van der Waals surface area contributed by atoms with Gasteiger partial charge < -0.3 is 31.8 Å². The first-order chi connectivity index (χ1) is 17.4. The van der Waals surface area contributed by atoms with Gasteiger partial charge in [0.05, 0.1) is 0 Å². The Bertz CT molecular complexity index is 1230. The number of benzene rings is 2. The molecule has 1 unspecified atom stereocenters. The molecule has 190 valence electrons. The fraction of sp³-hybridized carbons (Fsp3) is 0.370. The van der Waals surface area contributed by atoms with Crippen molar-refractivity contribution in [3.8, 4) is 0 Å². The Morgan fingerprint density at radius 2 is 1.81 bits per heavy atom. The lowest BCUT2D eigenvalue weighted by atomic mass is 9.78. The second kappa shape index (κ2) is 11.3. The number of carbonyl (C=O) groups excluding carboxylic acids is 3. The summed E-state index contributed by atoms with van der Waals surface area (Å²) < 4.78 is 5.45. The second-order valence-corrected chi connectivity index (χ2v) is 9.29. The van der Waals surface area contributed by atoms with Crippen LogP contribution in [0.1, 0.15) is 42.5 Å². The van der Waals surface area contributed by atoms with E-state index in [9.17, 15) is 14.4 Å². The van der Waals surface area contributed by atoms with Crippen LogP contribution in [0.15, 0.2) is 54.6 Å². The lowest BCUT2D eigenvalue weighted by Gasteiger charge is -2.37. The molecule has 9 heteroatoms. The molecule has 0 bridgehead atoms. The molecule has 0 fully saturated rings. The molecule has 1 aliphatic rings. The highest BCUT2D eigenvalue weighted by atomic mass is 16.5. The lowest BCUT2D eigenvalue weighted by Crippen LogP contribution is -2.64. The Kier molecular flexibility index (Phi) is 7.90. The van der Waals surface area contributed by atoms with E-state index in [4.69, 9.17) is 16.2 Å². The topological polar surface area (TPSA) is 152 Å². The third-order valence-corrected chi connectivity index (χ3v) is 6.77. The number of nitrogens with two attached hydrogens (primary N) is 2. The first kappa shape index (κ1) is 25.2. The van der Waals surface area contributed by atoms with Gasteiger partial charge in [0.1, 0.15) is 18.2 Å². The minimum Gasteiger partial charge on any atom is -0.445 e. The van der Waals surface area contributed by atoms with E-state index < -0.39 is 29.5 Å². The molecule has 4 rings (SSSR count). The van der Waals surface area contributed by atoms with Gasteiger partial charge >= 0.3 is 6.09 Å². The lowest BCUT2D eigenvalue weighted by molar-refractivity contribution is -0.132. The standard InChI is InChI=1S/C27H33N5O4/c28-15-7-6-12-23(24(29)33)31-25(34)27(32-26(35)36-17-18-8-2-1-3-9-18)14-13-22-20(16-27)19-10-4-5-11-21(19)30-22/h1-5,8-11,23,30H,6-7,12-17,28H2,(H2,29,33)(H,31,34)(H,32,35)/t23-,27?/m0/s1. The van der Waals surface area contributed by atoms with Gasteiger partial charge in [0.15, 0.2) is 0 Å². The van der Waals surface area contributed by atoms with Crippen LogP contribution in [0.4, 0.5) is 4.79 Å². The number of nitrogens with one attached hydrogen (secondary N) is 3. The van der Waals surface area contributed by atoms with Gasteiger partial charge in [-0.3, -0.25) is 9.59 Å². The highest BCUT2D eigenvalue weighted by molar-refractivity contribution is 5.95. The monoisotopic (exact) mass is 491 g/mol. The smallest absolute Gasteiger partial charge is 0.408 e. The van der Waals surface area contributed by atoms with E-state index in [0.29, 0.717) is 38.6 Å². The second-order valence-electron chi connectivity index (χ2n) is 9.29. The Hall–Kier alpha value is -3.85. The first-order valence-corrected chi connectivity index (χ1v) is 12.3. The summed E-state index contributed by atoms with van der Waals surface area (Å²) in [6, 6.07) is 16.3. The van der Waals surface area contributed by atoms with E-state index in [1.165, 1.54) is 0 Å². The molecule has 7 N–H and O–H groups in total. The number of H-pyrrole nitrogens is 1. The summed E-state index contributed by atoms with van der Waals surface area (Å²) in [5, 5.41) is 6.65. The molecular formula is C27H33N5O4. The number of aryl methyl sites for hydroxylation is 1. The van der Waals surface area contributed by atoms with Crippen LogP contribution in [0, 0.1) is 0 Å². The number of aromatic nitrogens is 1. The van der Waals surface area contributed by atoms with Crippen LogP contribution in [0.2, 0.25) is 0 Å². The SMILES string of the molecule is NCCCC[C@H](NC(=O)C1(NC(=O)OCc2ccccc2)CCc2[nH]c3ccccc3c2C1)C(N)=O. The molecule has 1 aliphatic carbocycles. The molecule has 0 aliphatic heterocycles. The van der Waals surface area contributed by atoms with Crippen molar-refractivity contribution in [3.05, 3.63) is 71.4 Å². The van der Waals surface area contributed by atoms with Crippen molar-refractivity contribution < 1.29 is 19.1 Å². The molecule has 0 spiro atoms. The van der Waals surface area contributed by atoms with Crippen molar-refractivity contribution in [1.82, 2.24) is 15.6 Å². The largest absolute Gasteiger partial charge is 0.445 e. The average Bonchev–Trinajstić information content (AvgIpc) is 3.25. The fourth-order valence-corrected chi connectivity index (χ4v) is 4.79. The summed E-state index contributed by atoms with van der Waals surface area (Å²) in [6.45, 7) is 0.563. The zero-order valence-corrected chi connectivity index (χ0v) is 20.2. The number of fused-ring (bicyclic) bond motifs is 3. The maximum absolute atomic E-state index is 13.7. The summed E-state index contributed by atoms with van der Waals surface area (Å²) in [5.74, 6) is -1.07. The van der Waals surface area contributed by atoms with Crippen molar-refractivity contribution in [3.63, 3.8) is 0 Å². The molecule has 2 aromatic carbocycles. The molecule has 1 aromatic heterocycles. The van der Waals surface area contributed by atoms with E-state index in [0.717, 1.165) is 27.7 Å². The van der Waals surface area contributed by atoms with E-state index in [1.807, 2.05) is 54.6 Å². The summed E-state index contributed by atoms with van der Waals surface area (Å²) >= 11 is 0. The van der Waals surface area contributed by atoms with Crippen molar-refractivity contribution in [1.29, 1.82) is 0 Å².